The lowest BCUT2D eigenvalue weighted by molar-refractivity contribution is -0.126. The van der Waals surface area contributed by atoms with Gasteiger partial charge < -0.3 is 10.2 Å². The molecule has 0 radical (unpaired) electrons. The number of carbonyl (C=O) groups is 1. The average Bonchev–Trinajstić information content (AvgIpc) is 2.69. The number of carbonyl (C=O) groups excluding carboxylic acids is 1. The molecule has 0 bridgehead atoms. The summed E-state index contributed by atoms with van der Waals surface area (Å²) < 4.78 is 29.6. The van der Waals surface area contributed by atoms with Crippen molar-refractivity contribution < 1.29 is 13.2 Å². The largest absolute Gasteiger partial charge is 0.356 e. The van der Waals surface area contributed by atoms with E-state index in [0.29, 0.717) is 44.6 Å². The molecule has 3 aliphatic rings. The van der Waals surface area contributed by atoms with Crippen LogP contribution >= 0.6 is 0 Å². The summed E-state index contributed by atoms with van der Waals surface area (Å²) in [6.07, 6.45) is 4.85. The molecule has 0 aromatic rings. The van der Waals surface area contributed by atoms with Crippen LogP contribution in [0.25, 0.3) is 0 Å². The standard InChI is InChI=1S/C23H44N4O3S/c1-18-11-19(2)14-25(13-18)9-6-8-24-23(28)22-7-5-10-26(17-22)31(29,30)27-15-20(3)12-21(4)16-27/h18-22H,5-17H2,1-4H3,(H,24,28)/t18-,19+,20-,21-,22+/m0/s1. The van der Waals surface area contributed by atoms with Crippen molar-refractivity contribution in [3.63, 3.8) is 0 Å². The van der Waals surface area contributed by atoms with Gasteiger partial charge in [-0.25, -0.2) is 0 Å². The van der Waals surface area contributed by atoms with Gasteiger partial charge in [-0.3, -0.25) is 4.79 Å². The van der Waals surface area contributed by atoms with Crippen molar-refractivity contribution in [3.05, 3.63) is 0 Å². The Morgan fingerprint density at radius 2 is 1.45 bits per heavy atom. The molecule has 1 N–H and O–H groups in total. The van der Waals surface area contributed by atoms with E-state index in [0.717, 1.165) is 57.2 Å². The lowest BCUT2D eigenvalue weighted by Crippen LogP contribution is -2.53. The van der Waals surface area contributed by atoms with Gasteiger partial charge in [0.1, 0.15) is 0 Å². The predicted molar refractivity (Wildman–Crippen MR) is 125 cm³/mol. The molecule has 1 amide bonds. The third-order valence-electron chi connectivity index (χ3n) is 7.14. The highest BCUT2D eigenvalue weighted by molar-refractivity contribution is 7.86. The number of likely N-dealkylation sites (tertiary alicyclic amines) is 1. The molecular weight excluding hydrogens is 412 g/mol. The Balaban J connectivity index is 1.44. The van der Waals surface area contributed by atoms with Gasteiger partial charge in [0.25, 0.3) is 10.2 Å². The molecule has 31 heavy (non-hydrogen) atoms. The minimum atomic E-state index is -3.49. The van der Waals surface area contributed by atoms with Crippen molar-refractivity contribution in [2.45, 2.75) is 59.8 Å². The Morgan fingerprint density at radius 1 is 0.871 bits per heavy atom. The maximum atomic E-state index is 13.2. The van der Waals surface area contributed by atoms with Crippen molar-refractivity contribution in [2.24, 2.45) is 29.6 Å². The van der Waals surface area contributed by atoms with E-state index in [1.165, 1.54) is 6.42 Å². The molecule has 3 saturated heterocycles. The van der Waals surface area contributed by atoms with Crippen LogP contribution < -0.4 is 5.32 Å². The van der Waals surface area contributed by atoms with Crippen LogP contribution in [0.15, 0.2) is 0 Å². The smallest absolute Gasteiger partial charge is 0.282 e. The predicted octanol–water partition coefficient (Wildman–Crippen LogP) is 2.41. The highest BCUT2D eigenvalue weighted by Crippen LogP contribution is 2.27. The Bertz CT molecular complexity index is 681. The molecule has 180 valence electrons. The Kier molecular flexibility index (Phi) is 8.80. The molecule has 0 aromatic heterocycles. The van der Waals surface area contributed by atoms with E-state index < -0.39 is 10.2 Å². The number of hydrogen-bond acceptors (Lipinski definition) is 4. The second-order valence-corrected chi connectivity index (χ2v) is 12.7. The van der Waals surface area contributed by atoms with Crippen molar-refractivity contribution in [1.29, 1.82) is 0 Å². The fourth-order valence-corrected chi connectivity index (χ4v) is 7.90. The number of hydrogen-bond donors (Lipinski definition) is 1. The molecule has 5 atom stereocenters. The van der Waals surface area contributed by atoms with Gasteiger partial charge in [-0.2, -0.15) is 17.0 Å². The van der Waals surface area contributed by atoms with E-state index >= 15 is 0 Å². The minimum absolute atomic E-state index is 0.0145. The number of piperidine rings is 3. The summed E-state index contributed by atoms with van der Waals surface area (Å²) in [5.74, 6) is 2.04. The number of nitrogens with zero attached hydrogens (tertiary/aromatic N) is 3. The maximum absolute atomic E-state index is 13.2. The quantitative estimate of drug-likeness (QED) is 0.597. The molecule has 8 heteroatoms. The molecule has 0 spiro atoms. The van der Waals surface area contributed by atoms with Gasteiger partial charge in [0.05, 0.1) is 5.92 Å². The summed E-state index contributed by atoms with van der Waals surface area (Å²) in [7, 11) is -3.49. The highest BCUT2D eigenvalue weighted by atomic mass is 32.2. The van der Waals surface area contributed by atoms with Gasteiger partial charge in [0.2, 0.25) is 5.91 Å². The summed E-state index contributed by atoms with van der Waals surface area (Å²) in [5.41, 5.74) is 0. The molecule has 0 unspecified atom stereocenters. The van der Waals surface area contributed by atoms with Crippen molar-refractivity contribution in [1.82, 2.24) is 18.8 Å². The number of rotatable bonds is 7. The first kappa shape index (κ1) is 24.9. The lowest BCUT2D eigenvalue weighted by atomic mass is 9.92. The van der Waals surface area contributed by atoms with Gasteiger partial charge in [-0.1, -0.05) is 27.7 Å². The molecule has 0 aliphatic carbocycles. The summed E-state index contributed by atoms with van der Waals surface area (Å²) >= 11 is 0. The van der Waals surface area contributed by atoms with Gasteiger partial charge in [0, 0.05) is 45.8 Å². The van der Waals surface area contributed by atoms with E-state index in [4.69, 9.17) is 0 Å². The summed E-state index contributed by atoms with van der Waals surface area (Å²) in [6.45, 7) is 14.9. The Labute approximate surface area is 190 Å². The second kappa shape index (κ2) is 10.9. The fourth-order valence-electron chi connectivity index (χ4n) is 5.96. The van der Waals surface area contributed by atoms with E-state index in [1.54, 1.807) is 8.61 Å². The van der Waals surface area contributed by atoms with Crippen molar-refractivity contribution >= 4 is 16.1 Å². The van der Waals surface area contributed by atoms with Crippen LogP contribution in [-0.2, 0) is 15.0 Å². The zero-order valence-electron chi connectivity index (χ0n) is 20.1. The van der Waals surface area contributed by atoms with Gasteiger partial charge in [-0.15, -0.1) is 0 Å². The molecule has 3 rings (SSSR count). The van der Waals surface area contributed by atoms with E-state index in [2.05, 4.69) is 37.9 Å². The zero-order valence-corrected chi connectivity index (χ0v) is 20.9. The molecule has 0 aromatic carbocycles. The van der Waals surface area contributed by atoms with Crippen LogP contribution in [0.3, 0.4) is 0 Å². The molecule has 3 fully saturated rings. The van der Waals surface area contributed by atoms with Crippen molar-refractivity contribution in [2.75, 3.05) is 52.4 Å². The molecular formula is C23H44N4O3S. The van der Waals surface area contributed by atoms with Crippen LogP contribution in [0, 0.1) is 29.6 Å². The first-order chi connectivity index (χ1) is 14.6. The Hall–Kier alpha value is -0.700. The van der Waals surface area contributed by atoms with Gasteiger partial charge >= 0.3 is 0 Å². The van der Waals surface area contributed by atoms with E-state index in [9.17, 15) is 13.2 Å². The Morgan fingerprint density at radius 3 is 2.06 bits per heavy atom. The third-order valence-corrected chi connectivity index (χ3v) is 9.07. The molecule has 3 aliphatic heterocycles. The molecule has 0 saturated carbocycles. The maximum Gasteiger partial charge on any atom is 0.282 e. The van der Waals surface area contributed by atoms with Crippen molar-refractivity contribution in [3.8, 4) is 0 Å². The normalized spacial score (nSPS) is 34.5. The SMILES string of the molecule is C[C@@H]1C[C@H](C)CN(CCCNC(=O)[C@@H]2CCCN(S(=O)(=O)N3C[C@@H](C)C[C@H](C)C3)C2)C1. The molecule has 3 heterocycles. The van der Waals surface area contributed by atoms with E-state index in [1.807, 2.05) is 0 Å². The molecule has 7 nitrogen and oxygen atoms in total. The average molecular weight is 457 g/mol. The number of amides is 1. The van der Waals surface area contributed by atoms with Gasteiger partial charge in [-0.05, 0) is 62.3 Å². The number of nitrogens with one attached hydrogen (secondary N) is 1. The summed E-state index contributed by atoms with van der Waals surface area (Å²) in [5, 5.41) is 3.08. The zero-order chi connectivity index (χ0) is 22.6. The lowest BCUT2D eigenvalue weighted by Gasteiger charge is -2.39. The summed E-state index contributed by atoms with van der Waals surface area (Å²) in [4.78, 5) is 15.3. The third kappa shape index (κ3) is 6.89. The first-order valence-corrected chi connectivity index (χ1v) is 13.8. The van der Waals surface area contributed by atoms with E-state index in [-0.39, 0.29) is 11.8 Å². The summed E-state index contributed by atoms with van der Waals surface area (Å²) in [6, 6.07) is 0. The highest BCUT2D eigenvalue weighted by Gasteiger charge is 2.38. The van der Waals surface area contributed by atoms with Gasteiger partial charge in [0.15, 0.2) is 0 Å². The monoisotopic (exact) mass is 456 g/mol. The minimum Gasteiger partial charge on any atom is -0.356 e. The van der Waals surface area contributed by atoms with Crippen LogP contribution in [-0.4, -0.2) is 80.2 Å². The second-order valence-electron chi connectivity index (χ2n) is 10.8. The van der Waals surface area contributed by atoms with Crippen LogP contribution in [0.1, 0.15) is 59.8 Å². The fraction of sp³-hybridized carbons (Fsp3) is 0.957. The van der Waals surface area contributed by atoms with Crippen LogP contribution in [0.2, 0.25) is 0 Å². The topological polar surface area (TPSA) is 73.0 Å². The van der Waals surface area contributed by atoms with Crippen LogP contribution in [0.5, 0.6) is 0 Å². The van der Waals surface area contributed by atoms with Crippen LogP contribution in [0.4, 0.5) is 0 Å². The first-order valence-electron chi connectivity index (χ1n) is 12.4.